The summed E-state index contributed by atoms with van der Waals surface area (Å²) >= 11 is 1.60. The second kappa shape index (κ2) is 5.76. The van der Waals surface area contributed by atoms with Gasteiger partial charge in [-0.3, -0.25) is 9.59 Å². The minimum absolute atomic E-state index is 0.0148. The Balaban J connectivity index is 2.26. The minimum atomic E-state index is -0.745. The quantitative estimate of drug-likeness (QED) is 0.809. The van der Waals surface area contributed by atoms with Crippen LogP contribution < -0.4 is 5.32 Å². The largest absolute Gasteiger partial charge is 0.481 e. The first kappa shape index (κ1) is 14.4. The first-order valence-electron chi connectivity index (χ1n) is 5.94. The van der Waals surface area contributed by atoms with Crippen LogP contribution >= 0.6 is 11.8 Å². The predicted molar refractivity (Wildman–Crippen MR) is 69.1 cm³/mol. The Morgan fingerprint density at radius 2 is 2.00 bits per heavy atom. The summed E-state index contributed by atoms with van der Waals surface area (Å²) in [6, 6.07) is 0.0455. The standard InChI is InChI=1S/C12H21NO3S/c1-12(2,3)17-7-10(14)13-9-5-4-8(6-9)11(15)16/h8-9H,4-7H2,1-3H3,(H,13,14)(H,15,16)/t8-,9+/m1/s1. The highest BCUT2D eigenvalue weighted by molar-refractivity contribution is 8.01. The van der Waals surface area contributed by atoms with Crippen molar-refractivity contribution in [3.63, 3.8) is 0 Å². The zero-order valence-electron chi connectivity index (χ0n) is 10.7. The Bertz CT molecular complexity index is 299. The molecule has 0 spiro atoms. The molecule has 5 heteroatoms. The van der Waals surface area contributed by atoms with E-state index in [9.17, 15) is 9.59 Å². The molecule has 1 fully saturated rings. The molecule has 1 aliphatic rings. The van der Waals surface area contributed by atoms with Crippen LogP contribution in [0.1, 0.15) is 40.0 Å². The van der Waals surface area contributed by atoms with Gasteiger partial charge in [-0.15, -0.1) is 11.8 Å². The van der Waals surface area contributed by atoms with Crippen molar-refractivity contribution in [1.29, 1.82) is 0 Å². The topological polar surface area (TPSA) is 66.4 Å². The van der Waals surface area contributed by atoms with Crippen LogP contribution in [0.4, 0.5) is 0 Å². The molecule has 1 rings (SSSR count). The molecule has 0 bridgehead atoms. The number of thioether (sulfide) groups is 1. The van der Waals surface area contributed by atoms with E-state index in [2.05, 4.69) is 26.1 Å². The number of amides is 1. The molecule has 0 aromatic heterocycles. The van der Waals surface area contributed by atoms with E-state index in [1.807, 2.05) is 0 Å². The maximum absolute atomic E-state index is 11.6. The van der Waals surface area contributed by atoms with Crippen molar-refractivity contribution in [2.24, 2.45) is 5.92 Å². The summed E-state index contributed by atoms with van der Waals surface area (Å²) in [6.07, 6.45) is 2.02. The lowest BCUT2D eigenvalue weighted by Crippen LogP contribution is -2.35. The second-order valence-corrected chi connectivity index (χ2v) is 7.32. The lowest BCUT2D eigenvalue weighted by atomic mass is 10.1. The maximum Gasteiger partial charge on any atom is 0.306 e. The molecule has 1 saturated carbocycles. The second-order valence-electron chi connectivity index (χ2n) is 5.51. The highest BCUT2D eigenvalue weighted by Crippen LogP contribution is 2.26. The zero-order valence-corrected chi connectivity index (χ0v) is 11.5. The summed E-state index contributed by atoms with van der Waals surface area (Å²) in [5.74, 6) is -0.570. The summed E-state index contributed by atoms with van der Waals surface area (Å²) in [4.78, 5) is 22.4. The number of carboxylic acid groups (broad SMARTS) is 1. The zero-order chi connectivity index (χ0) is 13.1. The highest BCUT2D eigenvalue weighted by Gasteiger charge is 2.30. The molecule has 0 saturated heterocycles. The average Bonchev–Trinajstić information content (AvgIpc) is 2.62. The van der Waals surface area contributed by atoms with Crippen LogP contribution in [0.25, 0.3) is 0 Å². The van der Waals surface area contributed by atoms with Crippen molar-refractivity contribution in [2.45, 2.75) is 50.8 Å². The first-order chi connectivity index (χ1) is 7.78. The fourth-order valence-electron chi connectivity index (χ4n) is 1.89. The van der Waals surface area contributed by atoms with Crippen LogP contribution in [0.3, 0.4) is 0 Å². The molecule has 0 aromatic carbocycles. The van der Waals surface area contributed by atoms with Gasteiger partial charge >= 0.3 is 5.97 Å². The van der Waals surface area contributed by atoms with E-state index in [1.54, 1.807) is 11.8 Å². The third-order valence-electron chi connectivity index (χ3n) is 2.78. The van der Waals surface area contributed by atoms with Crippen LogP contribution in [-0.4, -0.2) is 33.5 Å². The number of aliphatic carboxylic acids is 1. The molecule has 17 heavy (non-hydrogen) atoms. The van der Waals surface area contributed by atoms with Gasteiger partial charge in [-0.25, -0.2) is 0 Å². The summed E-state index contributed by atoms with van der Waals surface area (Å²) < 4.78 is 0.0800. The molecule has 1 aliphatic carbocycles. The van der Waals surface area contributed by atoms with Crippen molar-refractivity contribution in [3.05, 3.63) is 0 Å². The number of nitrogens with one attached hydrogen (secondary N) is 1. The van der Waals surface area contributed by atoms with Gasteiger partial charge in [-0.2, -0.15) is 0 Å². The fourth-order valence-corrected chi connectivity index (χ4v) is 2.54. The Morgan fingerprint density at radius 1 is 1.35 bits per heavy atom. The van der Waals surface area contributed by atoms with Crippen LogP contribution in [0.15, 0.2) is 0 Å². The van der Waals surface area contributed by atoms with Gasteiger partial charge in [0.2, 0.25) is 5.91 Å². The Labute approximate surface area is 107 Å². The smallest absolute Gasteiger partial charge is 0.306 e. The van der Waals surface area contributed by atoms with Crippen LogP contribution in [0, 0.1) is 5.92 Å². The molecule has 1 amide bonds. The lowest BCUT2D eigenvalue weighted by Gasteiger charge is -2.18. The summed E-state index contributed by atoms with van der Waals surface area (Å²) in [5.41, 5.74) is 0. The lowest BCUT2D eigenvalue weighted by molar-refractivity contribution is -0.141. The monoisotopic (exact) mass is 259 g/mol. The summed E-state index contributed by atoms with van der Waals surface area (Å²) in [7, 11) is 0. The number of rotatable bonds is 4. The number of hydrogen-bond acceptors (Lipinski definition) is 3. The van der Waals surface area contributed by atoms with Crippen molar-refractivity contribution in [3.8, 4) is 0 Å². The highest BCUT2D eigenvalue weighted by atomic mass is 32.2. The number of hydrogen-bond donors (Lipinski definition) is 2. The van der Waals surface area contributed by atoms with E-state index < -0.39 is 5.97 Å². The molecule has 0 unspecified atom stereocenters. The molecule has 98 valence electrons. The van der Waals surface area contributed by atoms with Gasteiger partial charge in [0.15, 0.2) is 0 Å². The van der Waals surface area contributed by atoms with Gasteiger partial charge < -0.3 is 10.4 Å². The Hall–Kier alpha value is -0.710. The minimum Gasteiger partial charge on any atom is -0.481 e. The van der Waals surface area contributed by atoms with Crippen LogP contribution in [0.5, 0.6) is 0 Å². The third-order valence-corrected chi connectivity index (χ3v) is 4.06. The van der Waals surface area contributed by atoms with E-state index in [0.29, 0.717) is 18.6 Å². The molecule has 0 radical (unpaired) electrons. The summed E-state index contributed by atoms with van der Waals surface area (Å²) in [6.45, 7) is 6.21. The van der Waals surface area contributed by atoms with Crippen LogP contribution in [-0.2, 0) is 9.59 Å². The molecule has 0 aliphatic heterocycles. The summed E-state index contributed by atoms with van der Waals surface area (Å²) in [5, 5.41) is 11.8. The number of carboxylic acids is 1. The van der Waals surface area contributed by atoms with Gasteiger partial charge in [-0.05, 0) is 19.3 Å². The first-order valence-corrected chi connectivity index (χ1v) is 6.92. The molecule has 0 aromatic rings. The molecular weight excluding hydrogens is 238 g/mol. The Kier molecular flexibility index (Phi) is 4.86. The predicted octanol–water partition coefficient (Wildman–Crippen LogP) is 1.89. The van der Waals surface area contributed by atoms with Crippen molar-refractivity contribution in [2.75, 3.05) is 5.75 Å². The fraction of sp³-hybridized carbons (Fsp3) is 0.833. The van der Waals surface area contributed by atoms with Gasteiger partial charge in [-0.1, -0.05) is 20.8 Å². The number of carbonyl (C=O) groups excluding carboxylic acids is 1. The van der Waals surface area contributed by atoms with Gasteiger partial charge in [0.25, 0.3) is 0 Å². The average molecular weight is 259 g/mol. The van der Waals surface area contributed by atoms with Crippen molar-refractivity contribution >= 4 is 23.6 Å². The van der Waals surface area contributed by atoms with E-state index >= 15 is 0 Å². The van der Waals surface area contributed by atoms with Crippen LogP contribution in [0.2, 0.25) is 0 Å². The molecular formula is C12H21NO3S. The Morgan fingerprint density at radius 3 is 2.47 bits per heavy atom. The van der Waals surface area contributed by atoms with E-state index in [-0.39, 0.29) is 22.6 Å². The van der Waals surface area contributed by atoms with Gasteiger partial charge in [0.1, 0.15) is 0 Å². The van der Waals surface area contributed by atoms with E-state index in [0.717, 1.165) is 6.42 Å². The van der Waals surface area contributed by atoms with Crippen molar-refractivity contribution in [1.82, 2.24) is 5.32 Å². The van der Waals surface area contributed by atoms with E-state index in [1.165, 1.54) is 0 Å². The maximum atomic E-state index is 11.6. The SMILES string of the molecule is CC(C)(C)SCC(=O)N[C@H]1CC[C@@H](C(=O)O)C1. The molecule has 4 nitrogen and oxygen atoms in total. The number of carbonyl (C=O) groups is 2. The van der Waals surface area contributed by atoms with E-state index in [4.69, 9.17) is 5.11 Å². The third kappa shape index (κ3) is 5.44. The van der Waals surface area contributed by atoms with Gasteiger partial charge in [0.05, 0.1) is 11.7 Å². The molecule has 0 heterocycles. The van der Waals surface area contributed by atoms with Crippen molar-refractivity contribution < 1.29 is 14.7 Å². The van der Waals surface area contributed by atoms with Gasteiger partial charge in [0, 0.05) is 10.8 Å². The molecule has 2 N–H and O–H groups in total. The normalized spacial score (nSPS) is 24.6. The molecule has 2 atom stereocenters.